The molecular formula is C11H24N2O2S. The van der Waals surface area contributed by atoms with Gasteiger partial charge in [-0.25, -0.2) is 0 Å². The predicted octanol–water partition coefficient (Wildman–Crippen LogP) is 2.31. The highest BCUT2D eigenvalue weighted by Crippen LogP contribution is 2.23. The first-order valence-corrected chi connectivity index (χ1v) is 6.74. The van der Waals surface area contributed by atoms with Crippen molar-refractivity contribution in [1.29, 1.82) is 0 Å². The summed E-state index contributed by atoms with van der Waals surface area (Å²) in [5.41, 5.74) is 5.40. The van der Waals surface area contributed by atoms with E-state index in [1.807, 2.05) is 25.6 Å². The Balaban J connectivity index is 3.51. The molecule has 0 unspecified atom stereocenters. The fourth-order valence-electron chi connectivity index (χ4n) is 1.29. The molecule has 0 radical (unpaired) electrons. The molecule has 3 N–H and O–H groups in total. The third-order valence-electron chi connectivity index (χ3n) is 2.53. The molecule has 0 bridgehead atoms. The van der Waals surface area contributed by atoms with Crippen molar-refractivity contribution < 1.29 is 9.94 Å². The topological polar surface area (TPSA) is 67.8 Å². The molecule has 0 saturated carbocycles. The molecule has 0 amide bonds. The third kappa shape index (κ3) is 6.95. The molecule has 5 heteroatoms. The van der Waals surface area contributed by atoms with Crippen LogP contribution >= 0.6 is 11.8 Å². The summed E-state index contributed by atoms with van der Waals surface area (Å²) in [6.07, 6.45) is 3.13. The molecule has 0 saturated heterocycles. The van der Waals surface area contributed by atoms with E-state index in [4.69, 9.17) is 15.7 Å². The van der Waals surface area contributed by atoms with Gasteiger partial charge in [-0.2, -0.15) is 11.8 Å². The molecule has 0 aromatic rings. The Labute approximate surface area is 103 Å². The Morgan fingerprint density at radius 1 is 1.38 bits per heavy atom. The normalized spacial score (nSPS) is 13.1. The van der Waals surface area contributed by atoms with Crippen molar-refractivity contribution in [1.82, 2.24) is 0 Å². The van der Waals surface area contributed by atoms with Gasteiger partial charge in [-0.15, -0.1) is 0 Å². The fourth-order valence-corrected chi connectivity index (χ4v) is 2.16. The van der Waals surface area contributed by atoms with E-state index < -0.39 is 0 Å². The number of hydrogen-bond acceptors (Lipinski definition) is 4. The maximum Gasteiger partial charge on any atom is 0.144 e. The Hall–Kier alpha value is -0.420. The average molecular weight is 248 g/mol. The van der Waals surface area contributed by atoms with Gasteiger partial charge in [0.1, 0.15) is 5.84 Å². The number of ether oxygens (including phenoxy) is 1. The zero-order valence-corrected chi connectivity index (χ0v) is 11.3. The summed E-state index contributed by atoms with van der Waals surface area (Å²) in [6.45, 7) is 4.83. The summed E-state index contributed by atoms with van der Waals surface area (Å²) in [5.74, 6) is 2.57. The Morgan fingerprint density at radius 2 is 2.00 bits per heavy atom. The second-order valence-corrected chi connectivity index (χ2v) is 5.66. The second-order valence-electron chi connectivity index (χ2n) is 4.43. The summed E-state index contributed by atoms with van der Waals surface area (Å²) in [4.78, 5) is 0. The lowest BCUT2D eigenvalue weighted by Gasteiger charge is -2.22. The standard InChI is InChI=1S/C11H24N2O2S/c1-11(2,10(12)13-14)6-4-8-16-9-5-7-15-3/h14H,4-9H2,1-3H3,(H2,12,13). The monoisotopic (exact) mass is 248 g/mol. The smallest absolute Gasteiger partial charge is 0.144 e. The van der Waals surface area contributed by atoms with Crippen LogP contribution in [-0.4, -0.2) is 36.3 Å². The van der Waals surface area contributed by atoms with Crippen LogP contribution in [0.5, 0.6) is 0 Å². The molecular weight excluding hydrogens is 224 g/mol. The Morgan fingerprint density at radius 3 is 2.56 bits per heavy atom. The van der Waals surface area contributed by atoms with E-state index in [0.717, 1.165) is 37.4 Å². The third-order valence-corrected chi connectivity index (χ3v) is 3.68. The van der Waals surface area contributed by atoms with Crippen LogP contribution < -0.4 is 5.73 Å². The zero-order chi connectivity index (χ0) is 12.4. The van der Waals surface area contributed by atoms with Gasteiger partial charge in [-0.05, 0) is 30.8 Å². The van der Waals surface area contributed by atoms with Crippen molar-refractivity contribution in [3.8, 4) is 0 Å². The maximum absolute atomic E-state index is 8.61. The Bertz CT molecular complexity index is 208. The van der Waals surface area contributed by atoms with E-state index in [9.17, 15) is 0 Å². The molecule has 0 fully saturated rings. The minimum Gasteiger partial charge on any atom is -0.409 e. The molecule has 0 atom stereocenters. The van der Waals surface area contributed by atoms with Gasteiger partial charge in [-0.1, -0.05) is 19.0 Å². The number of nitrogens with zero attached hydrogens (tertiary/aromatic N) is 1. The lowest BCUT2D eigenvalue weighted by atomic mass is 9.87. The summed E-state index contributed by atoms with van der Waals surface area (Å²) in [6, 6.07) is 0. The van der Waals surface area contributed by atoms with E-state index in [1.165, 1.54) is 0 Å². The fraction of sp³-hybridized carbons (Fsp3) is 0.909. The van der Waals surface area contributed by atoms with Crippen molar-refractivity contribution >= 4 is 17.6 Å². The Kier molecular flexibility index (Phi) is 8.47. The first kappa shape index (κ1) is 15.6. The van der Waals surface area contributed by atoms with Gasteiger partial charge >= 0.3 is 0 Å². The van der Waals surface area contributed by atoms with E-state index in [-0.39, 0.29) is 5.41 Å². The van der Waals surface area contributed by atoms with Crippen molar-refractivity contribution in [3.63, 3.8) is 0 Å². The number of methoxy groups -OCH3 is 1. The highest BCUT2D eigenvalue weighted by Gasteiger charge is 2.22. The minimum atomic E-state index is -0.207. The van der Waals surface area contributed by atoms with Gasteiger partial charge in [0.25, 0.3) is 0 Å². The number of nitrogens with two attached hydrogens (primary N) is 1. The van der Waals surface area contributed by atoms with E-state index in [1.54, 1.807) is 7.11 Å². The SMILES string of the molecule is COCCCSCCCC(C)(C)C(N)=NO. The molecule has 0 aromatic carbocycles. The van der Waals surface area contributed by atoms with Crippen LogP contribution in [0.3, 0.4) is 0 Å². The number of rotatable bonds is 9. The number of oxime groups is 1. The van der Waals surface area contributed by atoms with Gasteiger partial charge < -0.3 is 15.7 Å². The van der Waals surface area contributed by atoms with Crippen LogP contribution in [0.15, 0.2) is 5.16 Å². The van der Waals surface area contributed by atoms with Crippen LogP contribution in [-0.2, 0) is 4.74 Å². The number of thioether (sulfide) groups is 1. The molecule has 4 nitrogen and oxygen atoms in total. The molecule has 0 aliphatic carbocycles. The predicted molar refractivity (Wildman–Crippen MR) is 70.2 cm³/mol. The maximum atomic E-state index is 8.61. The molecule has 0 heterocycles. The van der Waals surface area contributed by atoms with Crippen LogP contribution in [0.4, 0.5) is 0 Å². The highest BCUT2D eigenvalue weighted by molar-refractivity contribution is 7.99. The molecule has 0 rings (SSSR count). The van der Waals surface area contributed by atoms with Gasteiger partial charge in [0.05, 0.1) is 0 Å². The summed E-state index contributed by atoms with van der Waals surface area (Å²) < 4.78 is 4.98. The summed E-state index contributed by atoms with van der Waals surface area (Å²) in [5, 5.41) is 11.7. The number of amidine groups is 1. The molecule has 0 aliphatic rings. The molecule has 0 aliphatic heterocycles. The van der Waals surface area contributed by atoms with E-state index in [0.29, 0.717) is 5.84 Å². The van der Waals surface area contributed by atoms with Gasteiger partial charge in [0.15, 0.2) is 0 Å². The van der Waals surface area contributed by atoms with Crippen molar-refractivity contribution in [3.05, 3.63) is 0 Å². The van der Waals surface area contributed by atoms with Crippen molar-refractivity contribution in [2.75, 3.05) is 25.2 Å². The highest BCUT2D eigenvalue weighted by atomic mass is 32.2. The van der Waals surface area contributed by atoms with E-state index >= 15 is 0 Å². The zero-order valence-electron chi connectivity index (χ0n) is 10.5. The van der Waals surface area contributed by atoms with Crippen LogP contribution in [0.2, 0.25) is 0 Å². The van der Waals surface area contributed by atoms with Gasteiger partial charge in [0, 0.05) is 19.1 Å². The van der Waals surface area contributed by atoms with Gasteiger partial charge in [-0.3, -0.25) is 0 Å². The first-order valence-electron chi connectivity index (χ1n) is 5.59. The largest absolute Gasteiger partial charge is 0.409 e. The van der Waals surface area contributed by atoms with Crippen molar-refractivity contribution in [2.45, 2.75) is 33.1 Å². The molecule has 0 spiro atoms. The van der Waals surface area contributed by atoms with Crippen molar-refractivity contribution in [2.24, 2.45) is 16.3 Å². The molecule has 96 valence electrons. The number of hydrogen-bond donors (Lipinski definition) is 2. The summed E-state index contributed by atoms with van der Waals surface area (Å²) >= 11 is 1.93. The lowest BCUT2D eigenvalue weighted by molar-refractivity contribution is 0.200. The lowest BCUT2D eigenvalue weighted by Crippen LogP contribution is -2.31. The summed E-state index contributed by atoms with van der Waals surface area (Å²) in [7, 11) is 1.73. The second kappa shape index (κ2) is 8.70. The van der Waals surface area contributed by atoms with Gasteiger partial charge in [0.2, 0.25) is 0 Å². The minimum absolute atomic E-state index is 0.207. The average Bonchev–Trinajstić information content (AvgIpc) is 2.26. The van der Waals surface area contributed by atoms with Crippen LogP contribution in [0.1, 0.15) is 33.1 Å². The van der Waals surface area contributed by atoms with Crippen LogP contribution in [0.25, 0.3) is 0 Å². The van der Waals surface area contributed by atoms with E-state index in [2.05, 4.69) is 5.16 Å². The molecule has 0 aromatic heterocycles. The molecule has 16 heavy (non-hydrogen) atoms. The quantitative estimate of drug-likeness (QED) is 0.216. The van der Waals surface area contributed by atoms with Crippen LogP contribution in [0, 0.1) is 5.41 Å². The first-order chi connectivity index (χ1) is 7.54.